The first-order valence-corrected chi connectivity index (χ1v) is 2.97. The van der Waals surface area contributed by atoms with Gasteiger partial charge < -0.3 is 0 Å². The fourth-order valence-electron chi connectivity index (χ4n) is 1.12. The summed E-state index contributed by atoms with van der Waals surface area (Å²) in [5, 5.41) is 0. The van der Waals surface area contributed by atoms with Crippen molar-refractivity contribution in [2.45, 2.75) is 20.3 Å². The molecule has 0 heterocycles. The predicted molar refractivity (Wildman–Crippen MR) is 32.1 cm³/mol. The Balaban J connectivity index is 2.42. The molecule has 0 aromatic rings. The second-order valence-electron chi connectivity index (χ2n) is 2.58. The zero-order valence-corrected chi connectivity index (χ0v) is 5.02. The Labute approximate surface area is 45.2 Å². The maximum Gasteiger partial charge on any atom is -0.0256 e. The van der Waals surface area contributed by atoms with Gasteiger partial charge in [0.15, 0.2) is 0 Å². The highest BCUT2D eigenvalue weighted by Crippen LogP contribution is 2.21. The van der Waals surface area contributed by atoms with E-state index in [9.17, 15) is 0 Å². The van der Waals surface area contributed by atoms with Crippen LogP contribution >= 0.6 is 0 Å². The van der Waals surface area contributed by atoms with Gasteiger partial charge in [0.25, 0.3) is 0 Å². The van der Waals surface area contributed by atoms with Crippen molar-refractivity contribution in [2.24, 2.45) is 11.8 Å². The van der Waals surface area contributed by atoms with Gasteiger partial charge in [-0.25, -0.2) is 0 Å². The minimum absolute atomic E-state index is 0.843. The van der Waals surface area contributed by atoms with Crippen LogP contribution in [0.3, 0.4) is 0 Å². The molecule has 0 saturated carbocycles. The van der Waals surface area contributed by atoms with E-state index in [0.717, 1.165) is 11.8 Å². The molecule has 0 N–H and O–H groups in total. The smallest absolute Gasteiger partial charge is 0.0256 e. The van der Waals surface area contributed by atoms with Crippen molar-refractivity contribution in [2.75, 3.05) is 0 Å². The highest BCUT2D eigenvalue weighted by molar-refractivity contribution is 4.98. The standard InChI is InChI=1S/C7H12/c1-6-3-4-7(2)5-6/h3-4,6-7H,5H2,1-2H3/t6-,7?/m1/s1. The van der Waals surface area contributed by atoms with Crippen LogP contribution in [0.1, 0.15) is 20.3 Å². The number of hydrogen-bond acceptors (Lipinski definition) is 0. The Hall–Kier alpha value is -0.260. The minimum Gasteiger partial charge on any atom is -0.0854 e. The van der Waals surface area contributed by atoms with Crippen molar-refractivity contribution >= 4 is 0 Å². The molecule has 0 saturated heterocycles. The van der Waals surface area contributed by atoms with Crippen LogP contribution in [0.15, 0.2) is 12.2 Å². The summed E-state index contributed by atoms with van der Waals surface area (Å²) in [7, 11) is 0. The molecule has 0 aliphatic heterocycles. The SMILES string of the molecule is CC1C=C[C@@H](C)C1. The van der Waals surface area contributed by atoms with Gasteiger partial charge in [0, 0.05) is 0 Å². The lowest BCUT2D eigenvalue weighted by Gasteiger charge is -1.97. The average molecular weight is 96.2 g/mol. The summed E-state index contributed by atoms with van der Waals surface area (Å²) in [6.45, 7) is 4.53. The Morgan fingerprint density at radius 3 is 1.71 bits per heavy atom. The van der Waals surface area contributed by atoms with Crippen LogP contribution in [-0.4, -0.2) is 0 Å². The first kappa shape index (κ1) is 4.89. The van der Waals surface area contributed by atoms with Crippen LogP contribution in [0.4, 0.5) is 0 Å². The number of allylic oxidation sites excluding steroid dienone is 2. The Morgan fingerprint density at radius 2 is 1.57 bits per heavy atom. The quantitative estimate of drug-likeness (QED) is 0.406. The summed E-state index contributed by atoms with van der Waals surface area (Å²) in [5.41, 5.74) is 0. The second-order valence-corrected chi connectivity index (χ2v) is 2.58. The highest BCUT2D eigenvalue weighted by atomic mass is 14.1. The van der Waals surface area contributed by atoms with Gasteiger partial charge in [0.1, 0.15) is 0 Å². The summed E-state index contributed by atoms with van der Waals surface area (Å²) >= 11 is 0. The maximum atomic E-state index is 2.30. The second kappa shape index (κ2) is 1.69. The summed E-state index contributed by atoms with van der Waals surface area (Å²) in [4.78, 5) is 0. The molecule has 0 aromatic heterocycles. The van der Waals surface area contributed by atoms with E-state index in [4.69, 9.17) is 0 Å². The molecule has 0 amide bonds. The number of hydrogen-bond donors (Lipinski definition) is 0. The maximum absolute atomic E-state index is 2.30. The Morgan fingerprint density at radius 1 is 1.14 bits per heavy atom. The lowest BCUT2D eigenvalue weighted by atomic mass is 10.1. The number of rotatable bonds is 0. The lowest BCUT2D eigenvalue weighted by molar-refractivity contribution is 0.591. The van der Waals surface area contributed by atoms with Crippen molar-refractivity contribution in [1.82, 2.24) is 0 Å². The van der Waals surface area contributed by atoms with Crippen LogP contribution in [0.25, 0.3) is 0 Å². The molecule has 0 aromatic carbocycles. The molecule has 1 unspecified atom stereocenters. The van der Waals surface area contributed by atoms with Gasteiger partial charge in [-0.05, 0) is 18.3 Å². The Bertz CT molecular complexity index is 72.0. The van der Waals surface area contributed by atoms with Crippen LogP contribution in [0.5, 0.6) is 0 Å². The topological polar surface area (TPSA) is 0 Å². The minimum atomic E-state index is 0.843. The van der Waals surface area contributed by atoms with Gasteiger partial charge in [0.05, 0.1) is 0 Å². The summed E-state index contributed by atoms with van der Waals surface area (Å²) in [5.74, 6) is 1.69. The van der Waals surface area contributed by atoms with Crippen LogP contribution in [-0.2, 0) is 0 Å². The van der Waals surface area contributed by atoms with E-state index in [1.807, 2.05) is 0 Å². The largest absolute Gasteiger partial charge is 0.0854 e. The highest BCUT2D eigenvalue weighted by Gasteiger charge is 2.08. The van der Waals surface area contributed by atoms with Gasteiger partial charge >= 0.3 is 0 Å². The zero-order valence-electron chi connectivity index (χ0n) is 5.02. The van der Waals surface area contributed by atoms with Crippen molar-refractivity contribution in [3.63, 3.8) is 0 Å². The summed E-state index contributed by atoms with van der Waals surface area (Å²) in [6.07, 6.45) is 5.95. The first-order chi connectivity index (χ1) is 3.29. The van der Waals surface area contributed by atoms with E-state index in [0.29, 0.717) is 0 Å². The monoisotopic (exact) mass is 96.1 g/mol. The molecular weight excluding hydrogens is 84.1 g/mol. The average Bonchev–Trinajstić information content (AvgIpc) is 1.87. The van der Waals surface area contributed by atoms with Gasteiger partial charge in [-0.15, -0.1) is 0 Å². The van der Waals surface area contributed by atoms with E-state index in [1.54, 1.807) is 0 Å². The van der Waals surface area contributed by atoms with E-state index in [1.165, 1.54) is 6.42 Å². The van der Waals surface area contributed by atoms with E-state index < -0.39 is 0 Å². The normalized spacial score (nSPS) is 39.7. The van der Waals surface area contributed by atoms with Crippen molar-refractivity contribution in [3.8, 4) is 0 Å². The molecule has 0 bridgehead atoms. The molecule has 0 spiro atoms. The van der Waals surface area contributed by atoms with Crippen molar-refractivity contribution in [3.05, 3.63) is 12.2 Å². The molecule has 1 aliphatic carbocycles. The third-order valence-electron chi connectivity index (χ3n) is 1.51. The third kappa shape index (κ3) is 1.05. The van der Waals surface area contributed by atoms with E-state index >= 15 is 0 Å². The van der Waals surface area contributed by atoms with E-state index in [2.05, 4.69) is 26.0 Å². The van der Waals surface area contributed by atoms with Crippen LogP contribution in [0, 0.1) is 11.8 Å². The fraction of sp³-hybridized carbons (Fsp3) is 0.714. The molecule has 0 radical (unpaired) electrons. The third-order valence-corrected chi connectivity index (χ3v) is 1.51. The molecule has 0 heteroatoms. The molecule has 1 aliphatic rings. The fourth-order valence-corrected chi connectivity index (χ4v) is 1.12. The summed E-state index contributed by atoms with van der Waals surface area (Å²) in [6, 6.07) is 0. The molecule has 1 rings (SSSR count). The predicted octanol–water partition coefficient (Wildman–Crippen LogP) is 2.22. The molecular formula is C7H12. The van der Waals surface area contributed by atoms with Crippen molar-refractivity contribution < 1.29 is 0 Å². The van der Waals surface area contributed by atoms with Gasteiger partial charge in [-0.1, -0.05) is 26.0 Å². The summed E-state index contributed by atoms with van der Waals surface area (Å²) < 4.78 is 0. The molecule has 7 heavy (non-hydrogen) atoms. The molecule has 40 valence electrons. The molecule has 2 atom stereocenters. The van der Waals surface area contributed by atoms with E-state index in [-0.39, 0.29) is 0 Å². The Kier molecular flexibility index (Phi) is 1.18. The van der Waals surface area contributed by atoms with Crippen molar-refractivity contribution in [1.29, 1.82) is 0 Å². The van der Waals surface area contributed by atoms with Gasteiger partial charge in [-0.2, -0.15) is 0 Å². The molecule has 0 fully saturated rings. The molecule has 0 nitrogen and oxygen atoms in total. The van der Waals surface area contributed by atoms with Crippen LogP contribution in [0.2, 0.25) is 0 Å². The van der Waals surface area contributed by atoms with Gasteiger partial charge in [-0.3, -0.25) is 0 Å². The first-order valence-electron chi connectivity index (χ1n) is 2.97. The zero-order chi connectivity index (χ0) is 5.28. The lowest BCUT2D eigenvalue weighted by Crippen LogP contribution is -1.86. The van der Waals surface area contributed by atoms with Crippen LogP contribution < -0.4 is 0 Å². The van der Waals surface area contributed by atoms with Gasteiger partial charge in [0.2, 0.25) is 0 Å².